The van der Waals surface area contributed by atoms with E-state index in [1.54, 1.807) is 0 Å². The van der Waals surface area contributed by atoms with Crippen LogP contribution in [0.3, 0.4) is 0 Å². The molecule has 1 aromatic heterocycles. The monoisotopic (exact) mass is 191 g/mol. The van der Waals surface area contributed by atoms with Gasteiger partial charge in [0.1, 0.15) is 5.75 Å². The van der Waals surface area contributed by atoms with Gasteiger partial charge in [0.2, 0.25) is 0 Å². The van der Waals surface area contributed by atoms with Crippen molar-refractivity contribution in [2.75, 3.05) is 6.61 Å². The van der Waals surface area contributed by atoms with Gasteiger partial charge in [0.25, 0.3) is 0 Å². The standard InChI is InChI=1S/C11H13NO2/c1-2-14-10-5-3-4-9-11(10)8(7-13)6-12-9/h3-6,12-13H,2,7H2,1H3. The molecule has 3 heteroatoms. The van der Waals surface area contributed by atoms with Gasteiger partial charge >= 0.3 is 0 Å². The molecule has 14 heavy (non-hydrogen) atoms. The highest BCUT2D eigenvalue weighted by atomic mass is 16.5. The predicted octanol–water partition coefficient (Wildman–Crippen LogP) is 2.06. The van der Waals surface area contributed by atoms with Crippen LogP contribution in [0, 0.1) is 0 Å². The van der Waals surface area contributed by atoms with Crippen molar-refractivity contribution in [3.63, 3.8) is 0 Å². The van der Waals surface area contributed by atoms with Crippen LogP contribution in [0.5, 0.6) is 5.75 Å². The number of aliphatic hydroxyl groups excluding tert-OH is 1. The van der Waals surface area contributed by atoms with Crippen LogP contribution in [-0.4, -0.2) is 16.7 Å². The fourth-order valence-electron chi connectivity index (χ4n) is 1.62. The Morgan fingerprint density at radius 1 is 1.43 bits per heavy atom. The molecule has 2 N–H and O–H groups in total. The number of benzene rings is 1. The summed E-state index contributed by atoms with van der Waals surface area (Å²) in [5.41, 5.74) is 1.88. The highest BCUT2D eigenvalue weighted by Crippen LogP contribution is 2.28. The zero-order valence-electron chi connectivity index (χ0n) is 8.08. The molecular formula is C11H13NO2. The number of H-pyrrole nitrogens is 1. The number of aliphatic hydroxyl groups is 1. The first kappa shape index (κ1) is 9.09. The number of hydrogen-bond acceptors (Lipinski definition) is 2. The van der Waals surface area contributed by atoms with Gasteiger partial charge in [-0.05, 0) is 19.1 Å². The summed E-state index contributed by atoms with van der Waals surface area (Å²) in [6, 6.07) is 5.82. The van der Waals surface area contributed by atoms with Gasteiger partial charge in [-0.3, -0.25) is 0 Å². The second kappa shape index (κ2) is 3.72. The van der Waals surface area contributed by atoms with Crippen molar-refractivity contribution in [2.24, 2.45) is 0 Å². The molecule has 74 valence electrons. The van der Waals surface area contributed by atoms with Crippen molar-refractivity contribution in [1.29, 1.82) is 0 Å². The Hall–Kier alpha value is -1.48. The first-order chi connectivity index (χ1) is 6.86. The molecule has 1 aromatic carbocycles. The van der Waals surface area contributed by atoms with E-state index in [-0.39, 0.29) is 6.61 Å². The third kappa shape index (κ3) is 1.36. The number of ether oxygens (including phenoxy) is 1. The largest absolute Gasteiger partial charge is 0.493 e. The van der Waals surface area contributed by atoms with E-state index in [0.717, 1.165) is 22.2 Å². The fourth-order valence-corrected chi connectivity index (χ4v) is 1.62. The Labute approximate surface area is 82.3 Å². The van der Waals surface area contributed by atoms with E-state index >= 15 is 0 Å². The average Bonchev–Trinajstić information content (AvgIpc) is 2.62. The van der Waals surface area contributed by atoms with Crippen molar-refractivity contribution in [3.05, 3.63) is 30.0 Å². The van der Waals surface area contributed by atoms with Crippen molar-refractivity contribution in [3.8, 4) is 5.75 Å². The molecule has 0 aliphatic heterocycles. The topological polar surface area (TPSA) is 45.2 Å². The molecular weight excluding hydrogens is 178 g/mol. The van der Waals surface area contributed by atoms with Crippen molar-refractivity contribution in [1.82, 2.24) is 4.98 Å². The zero-order valence-corrected chi connectivity index (χ0v) is 8.08. The molecule has 0 atom stereocenters. The maximum Gasteiger partial charge on any atom is 0.129 e. The normalized spacial score (nSPS) is 10.7. The molecule has 3 nitrogen and oxygen atoms in total. The molecule has 0 bridgehead atoms. The van der Waals surface area contributed by atoms with Crippen LogP contribution in [0.15, 0.2) is 24.4 Å². The molecule has 0 amide bonds. The summed E-state index contributed by atoms with van der Waals surface area (Å²) in [5.74, 6) is 0.829. The van der Waals surface area contributed by atoms with Gasteiger partial charge in [0.15, 0.2) is 0 Å². The minimum absolute atomic E-state index is 0.0318. The van der Waals surface area contributed by atoms with Crippen LogP contribution in [0.25, 0.3) is 10.9 Å². The number of hydrogen-bond donors (Lipinski definition) is 2. The molecule has 0 saturated heterocycles. The first-order valence-corrected chi connectivity index (χ1v) is 4.69. The minimum atomic E-state index is 0.0318. The van der Waals surface area contributed by atoms with E-state index in [4.69, 9.17) is 9.84 Å². The van der Waals surface area contributed by atoms with Crippen molar-refractivity contribution < 1.29 is 9.84 Å². The number of fused-ring (bicyclic) bond motifs is 1. The lowest BCUT2D eigenvalue weighted by atomic mass is 10.1. The summed E-state index contributed by atoms with van der Waals surface area (Å²) in [5, 5.41) is 10.1. The van der Waals surface area contributed by atoms with Gasteiger partial charge in [-0.15, -0.1) is 0 Å². The Bertz CT molecular complexity index is 434. The van der Waals surface area contributed by atoms with Gasteiger partial charge in [-0.1, -0.05) is 6.07 Å². The van der Waals surface area contributed by atoms with Crippen LogP contribution < -0.4 is 4.74 Å². The Kier molecular flexibility index (Phi) is 2.41. The molecule has 0 radical (unpaired) electrons. The first-order valence-electron chi connectivity index (χ1n) is 4.69. The van der Waals surface area contributed by atoms with E-state index in [0.29, 0.717) is 6.61 Å². The summed E-state index contributed by atoms with van der Waals surface area (Å²) in [4.78, 5) is 3.10. The summed E-state index contributed by atoms with van der Waals surface area (Å²) < 4.78 is 5.49. The molecule has 0 aliphatic rings. The number of aromatic amines is 1. The molecule has 0 saturated carbocycles. The molecule has 1 heterocycles. The highest BCUT2D eigenvalue weighted by molar-refractivity contribution is 5.89. The van der Waals surface area contributed by atoms with Crippen LogP contribution in [0.1, 0.15) is 12.5 Å². The van der Waals surface area contributed by atoms with Crippen molar-refractivity contribution >= 4 is 10.9 Å². The second-order valence-electron chi connectivity index (χ2n) is 3.08. The van der Waals surface area contributed by atoms with Gasteiger partial charge in [0.05, 0.1) is 13.2 Å². The molecule has 0 fully saturated rings. The summed E-state index contributed by atoms with van der Waals surface area (Å²) >= 11 is 0. The number of aromatic nitrogens is 1. The summed E-state index contributed by atoms with van der Waals surface area (Å²) in [6.45, 7) is 2.61. The van der Waals surface area contributed by atoms with Gasteiger partial charge in [0, 0.05) is 22.7 Å². The second-order valence-corrected chi connectivity index (χ2v) is 3.08. The fraction of sp³-hybridized carbons (Fsp3) is 0.273. The van der Waals surface area contributed by atoms with Gasteiger partial charge in [-0.25, -0.2) is 0 Å². The highest BCUT2D eigenvalue weighted by Gasteiger charge is 2.07. The molecule has 2 aromatic rings. The third-order valence-electron chi connectivity index (χ3n) is 2.22. The Morgan fingerprint density at radius 3 is 3.00 bits per heavy atom. The predicted molar refractivity (Wildman–Crippen MR) is 55.4 cm³/mol. The summed E-state index contributed by atoms with van der Waals surface area (Å²) in [6.07, 6.45) is 1.81. The lowest BCUT2D eigenvalue weighted by molar-refractivity contribution is 0.282. The smallest absolute Gasteiger partial charge is 0.129 e. The average molecular weight is 191 g/mol. The Morgan fingerprint density at radius 2 is 2.29 bits per heavy atom. The number of rotatable bonds is 3. The lowest BCUT2D eigenvalue weighted by Gasteiger charge is -2.05. The van der Waals surface area contributed by atoms with Crippen LogP contribution in [-0.2, 0) is 6.61 Å². The van der Waals surface area contributed by atoms with E-state index in [9.17, 15) is 0 Å². The quantitative estimate of drug-likeness (QED) is 0.780. The molecule has 0 unspecified atom stereocenters. The van der Waals surface area contributed by atoms with E-state index < -0.39 is 0 Å². The summed E-state index contributed by atoms with van der Waals surface area (Å²) in [7, 11) is 0. The maximum atomic E-state index is 9.14. The van der Waals surface area contributed by atoms with E-state index in [1.165, 1.54) is 0 Å². The molecule has 0 spiro atoms. The van der Waals surface area contributed by atoms with Gasteiger partial charge < -0.3 is 14.8 Å². The van der Waals surface area contributed by atoms with Crippen LogP contribution in [0.4, 0.5) is 0 Å². The molecule has 0 aliphatic carbocycles. The maximum absolute atomic E-state index is 9.14. The minimum Gasteiger partial charge on any atom is -0.493 e. The molecule has 2 rings (SSSR count). The van der Waals surface area contributed by atoms with Crippen molar-refractivity contribution in [2.45, 2.75) is 13.5 Å². The lowest BCUT2D eigenvalue weighted by Crippen LogP contribution is -1.92. The zero-order chi connectivity index (χ0) is 9.97. The number of nitrogens with one attached hydrogen (secondary N) is 1. The SMILES string of the molecule is CCOc1cccc2[nH]cc(CO)c12. The Balaban J connectivity index is 2.62. The van der Waals surface area contributed by atoms with Crippen LogP contribution in [0.2, 0.25) is 0 Å². The van der Waals surface area contributed by atoms with Crippen LogP contribution >= 0.6 is 0 Å². The van der Waals surface area contributed by atoms with Gasteiger partial charge in [-0.2, -0.15) is 0 Å². The van der Waals surface area contributed by atoms with E-state index in [2.05, 4.69) is 4.98 Å². The third-order valence-corrected chi connectivity index (χ3v) is 2.22. The van der Waals surface area contributed by atoms with E-state index in [1.807, 2.05) is 31.3 Å².